The van der Waals surface area contributed by atoms with E-state index in [2.05, 4.69) is 4.90 Å². The van der Waals surface area contributed by atoms with E-state index in [9.17, 15) is 4.79 Å². The van der Waals surface area contributed by atoms with Gasteiger partial charge in [0.15, 0.2) is 5.75 Å². The number of aliphatic imine (C=N–C) groups is 1. The average molecular weight is 420 g/mol. The molecule has 0 bridgehead atoms. The zero-order chi connectivity index (χ0) is 21.2. The van der Waals surface area contributed by atoms with Crippen LogP contribution in [0.25, 0.3) is 0 Å². The fraction of sp³-hybridized carbons (Fsp3) is 0.440. The lowest BCUT2D eigenvalue weighted by Gasteiger charge is -2.37. The van der Waals surface area contributed by atoms with E-state index in [0.717, 1.165) is 60.5 Å². The van der Waals surface area contributed by atoms with Gasteiger partial charge in [-0.1, -0.05) is 25.0 Å². The van der Waals surface area contributed by atoms with Crippen LogP contribution in [0, 0.1) is 5.92 Å². The van der Waals surface area contributed by atoms with Crippen LogP contribution >= 0.6 is 0 Å². The molecule has 6 nitrogen and oxygen atoms in total. The third-order valence-electron chi connectivity index (χ3n) is 6.61. The van der Waals surface area contributed by atoms with Crippen LogP contribution in [0.3, 0.4) is 0 Å². The first-order valence-electron chi connectivity index (χ1n) is 11.3. The van der Waals surface area contributed by atoms with E-state index in [1.807, 2.05) is 47.4 Å². The van der Waals surface area contributed by atoms with Crippen LogP contribution < -0.4 is 9.47 Å². The lowest BCUT2D eigenvalue weighted by Crippen LogP contribution is -2.51. The second kappa shape index (κ2) is 8.61. The van der Waals surface area contributed by atoms with Crippen molar-refractivity contribution < 1.29 is 14.3 Å². The molecule has 0 spiro atoms. The molecule has 162 valence electrons. The zero-order valence-electron chi connectivity index (χ0n) is 18.0. The minimum Gasteiger partial charge on any atom is -0.497 e. The van der Waals surface area contributed by atoms with Gasteiger partial charge in [-0.15, -0.1) is 0 Å². The number of para-hydroxylation sites is 2. The quantitative estimate of drug-likeness (QED) is 0.729. The molecule has 0 unspecified atom stereocenters. The Morgan fingerprint density at radius 2 is 1.84 bits per heavy atom. The number of piperazine rings is 1. The van der Waals surface area contributed by atoms with Gasteiger partial charge in [0.25, 0.3) is 0 Å². The zero-order valence-corrected chi connectivity index (χ0v) is 18.0. The van der Waals surface area contributed by atoms with Gasteiger partial charge in [-0.3, -0.25) is 4.79 Å². The molecule has 31 heavy (non-hydrogen) atoms. The predicted octanol–water partition coefficient (Wildman–Crippen LogP) is 4.60. The summed E-state index contributed by atoms with van der Waals surface area (Å²) in [5, 5.41) is 0. The third kappa shape index (κ3) is 4.11. The average Bonchev–Trinajstić information content (AvgIpc) is 3.26. The highest BCUT2D eigenvalue weighted by Gasteiger charge is 2.29. The summed E-state index contributed by atoms with van der Waals surface area (Å²) in [6.07, 6.45) is 5.68. The van der Waals surface area contributed by atoms with E-state index >= 15 is 0 Å². The Balaban J connectivity index is 1.38. The van der Waals surface area contributed by atoms with Crippen LogP contribution in [-0.2, 0) is 4.79 Å². The SMILES string of the molecule is COc1ccc2c(c1)C(N1CCN(C(=O)CC3CCCC3)CC1)=Nc1ccccc1O2. The number of fused-ring (bicyclic) bond motifs is 2. The molecule has 0 atom stereocenters. The van der Waals surface area contributed by atoms with E-state index < -0.39 is 0 Å². The number of nitrogens with zero attached hydrogens (tertiary/aromatic N) is 3. The number of rotatable bonds is 3. The van der Waals surface area contributed by atoms with E-state index in [0.29, 0.717) is 18.2 Å². The van der Waals surface area contributed by atoms with Crippen molar-refractivity contribution in [3.63, 3.8) is 0 Å². The summed E-state index contributed by atoms with van der Waals surface area (Å²) in [5.74, 6) is 4.06. The smallest absolute Gasteiger partial charge is 0.222 e. The van der Waals surface area contributed by atoms with Crippen molar-refractivity contribution in [2.24, 2.45) is 10.9 Å². The summed E-state index contributed by atoms with van der Waals surface area (Å²) in [5.41, 5.74) is 1.73. The van der Waals surface area contributed by atoms with Gasteiger partial charge in [-0.05, 0) is 49.1 Å². The fourth-order valence-electron chi connectivity index (χ4n) is 4.83. The maximum Gasteiger partial charge on any atom is 0.222 e. The number of ether oxygens (including phenoxy) is 2. The number of carbonyl (C=O) groups excluding carboxylic acids is 1. The molecule has 1 aliphatic carbocycles. The summed E-state index contributed by atoms with van der Waals surface area (Å²) in [4.78, 5) is 22.1. The Bertz CT molecular complexity index is 989. The van der Waals surface area contributed by atoms with Crippen LogP contribution in [0.1, 0.15) is 37.7 Å². The largest absolute Gasteiger partial charge is 0.497 e. The Kier molecular flexibility index (Phi) is 5.53. The molecule has 0 N–H and O–H groups in total. The van der Waals surface area contributed by atoms with Crippen molar-refractivity contribution >= 4 is 17.4 Å². The molecule has 2 aliphatic heterocycles. The van der Waals surface area contributed by atoms with Crippen LogP contribution in [-0.4, -0.2) is 54.8 Å². The topological polar surface area (TPSA) is 54.4 Å². The molecule has 2 heterocycles. The molecule has 0 radical (unpaired) electrons. The summed E-state index contributed by atoms with van der Waals surface area (Å²) in [6, 6.07) is 13.7. The molecule has 1 saturated heterocycles. The van der Waals surface area contributed by atoms with Crippen LogP contribution in [0.5, 0.6) is 17.2 Å². The number of amidine groups is 1. The van der Waals surface area contributed by atoms with Crippen molar-refractivity contribution in [1.82, 2.24) is 9.80 Å². The predicted molar refractivity (Wildman–Crippen MR) is 120 cm³/mol. The standard InChI is InChI=1S/C25H29N3O3/c1-30-19-10-11-22-20(17-19)25(26-21-8-4-5-9-23(21)31-22)28-14-12-27(13-15-28)24(29)16-18-6-2-3-7-18/h4-5,8-11,17-18H,2-3,6-7,12-16H2,1H3. The highest BCUT2D eigenvalue weighted by atomic mass is 16.5. The molecule has 0 aromatic heterocycles. The first-order valence-corrected chi connectivity index (χ1v) is 11.3. The molecule has 3 aliphatic rings. The van der Waals surface area contributed by atoms with Crippen molar-refractivity contribution in [3.05, 3.63) is 48.0 Å². The van der Waals surface area contributed by atoms with Crippen LogP contribution in [0.15, 0.2) is 47.5 Å². The Morgan fingerprint density at radius 1 is 1.06 bits per heavy atom. The maximum atomic E-state index is 12.8. The van der Waals surface area contributed by atoms with Crippen molar-refractivity contribution in [3.8, 4) is 17.2 Å². The Hall–Kier alpha value is -3.02. The Morgan fingerprint density at radius 3 is 2.61 bits per heavy atom. The van der Waals surface area contributed by atoms with Crippen molar-refractivity contribution in [1.29, 1.82) is 0 Å². The van der Waals surface area contributed by atoms with Gasteiger partial charge in [0.05, 0.1) is 12.7 Å². The minimum absolute atomic E-state index is 0.310. The van der Waals surface area contributed by atoms with Gasteiger partial charge >= 0.3 is 0 Å². The number of carbonyl (C=O) groups is 1. The van der Waals surface area contributed by atoms with Crippen molar-refractivity contribution in [2.75, 3.05) is 33.3 Å². The number of amides is 1. The molecule has 1 amide bonds. The summed E-state index contributed by atoms with van der Waals surface area (Å²) < 4.78 is 11.7. The lowest BCUT2D eigenvalue weighted by atomic mass is 10.0. The van der Waals surface area contributed by atoms with E-state index in [4.69, 9.17) is 14.5 Å². The molecule has 2 fully saturated rings. The Labute approximate surface area is 183 Å². The second-order valence-electron chi connectivity index (χ2n) is 8.59. The fourth-order valence-corrected chi connectivity index (χ4v) is 4.83. The first kappa shape index (κ1) is 19.9. The summed E-state index contributed by atoms with van der Waals surface area (Å²) in [6.45, 7) is 2.97. The van der Waals surface area contributed by atoms with Gasteiger partial charge in [0.1, 0.15) is 23.0 Å². The monoisotopic (exact) mass is 419 g/mol. The molecular formula is C25H29N3O3. The molecule has 2 aromatic rings. The van der Waals surface area contributed by atoms with Crippen LogP contribution in [0.2, 0.25) is 0 Å². The summed E-state index contributed by atoms with van der Waals surface area (Å²) >= 11 is 0. The number of methoxy groups -OCH3 is 1. The number of benzene rings is 2. The van der Waals surface area contributed by atoms with Gasteiger partial charge < -0.3 is 19.3 Å². The first-order chi connectivity index (χ1) is 15.2. The van der Waals surface area contributed by atoms with Crippen LogP contribution in [0.4, 0.5) is 5.69 Å². The minimum atomic E-state index is 0.310. The van der Waals surface area contributed by atoms with Gasteiger partial charge in [-0.2, -0.15) is 0 Å². The molecule has 6 heteroatoms. The van der Waals surface area contributed by atoms with E-state index in [-0.39, 0.29) is 0 Å². The lowest BCUT2D eigenvalue weighted by molar-refractivity contribution is -0.133. The number of hydrogen-bond acceptors (Lipinski definition) is 5. The highest BCUT2D eigenvalue weighted by Crippen LogP contribution is 2.39. The van der Waals surface area contributed by atoms with E-state index in [1.54, 1.807) is 7.11 Å². The van der Waals surface area contributed by atoms with Crippen molar-refractivity contribution in [2.45, 2.75) is 32.1 Å². The third-order valence-corrected chi connectivity index (χ3v) is 6.61. The summed E-state index contributed by atoms with van der Waals surface area (Å²) in [7, 11) is 1.67. The van der Waals surface area contributed by atoms with Gasteiger partial charge in [0.2, 0.25) is 5.91 Å². The molecule has 2 aromatic carbocycles. The van der Waals surface area contributed by atoms with Gasteiger partial charge in [-0.25, -0.2) is 4.99 Å². The maximum absolute atomic E-state index is 12.8. The number of hydrogen-bond donors (Lipinski definition) is 0. The highest BCUT2D eigenvalue weighted by molar-refractivity contribution is 6.04. The van der Waals surface area contributed by atoms with E-state index in [1.165, 1.54) is 25.7 Å². The molecular weight excluding hydrogens is 390 g/mol. The van der Waals surface area contributed by atoms with Gasteiger partial charge in [0, 0.05) is 32.6 Å². The molecule has 5 rings (SSSR count). The molecule has 1 saturated carbocycles. The second-order valence-corrected chi connectivity index (χ2v) is 8.59. The normalized spacial score (nSPS) is 18.5.